The highest BCUT2D eigenvalue weighted by atomic mass is 16.3. The van der Waals surface area contributed by atoms with Gasteiger partial charge in [0.2, 0.25) is 0 Å². The molecule has 0 aliphatic heterocycles. The minimum Gasteiger partial charge on any atom is -0.396 e. The first-order valence-corrected chi connectivity index (χ1v) is 4.89. The lowest BCUT2D eigenvalue weighted by molar-refractivity contribution is -0.157. The van der Waals surface area contributed by atoms with E-state index >= 15 is 0 Å². The Morgan fingerprint density at radius 1 is 1.31 bits per heavy atom. The zero-order valence-corrected chi connectivity index (χ0v) is 8.45. The van der Waals surface area contributed by atoms with Crippen molar-refractivity contribution < 1.29 is 15.3 Å². The molecule has 78 valence electrons. The highest BCUT2D eigenvalue weighted by Crippen LogP contribution is 2.57. The molecule has 1 fully saturated rings. The van der Waals surface area contributed by atoms with Crippen LogP contribution in [0.25, 0.3) is 0 Å². The highest BCUT2D eigenvalue weighted by Gasteiger charge is 2.55. The second kappa shape index (κ2) is 3.56. The van der Waals surface area contributed by atoms with Gasteiger partial charge in [0.15, 0.2) is 0 Å². The molecule has 0 saturated heterocycles. The van der Waals surface area contributed by atoms with E-state index in [9.17, 15) is 15.3 Å². The second-order valence-corrected chi connectivity index (χ2v) is 4.63. The first kappa shape index (κ1) is 11.0. The topological polar surface area (TPSA) is 60.7 Å². The van der Waals surface area contributed by atoms with Gasteiger partial charge in [-0.05, 0) is 18.8 Å². The van der Waals surface area contributed by atoms with Crippen molar-refractivity contribution in [2.75, 3.05) is 19.8 Å². The molecule has 0 heterocycles. The Kier molecular flexibility index (Phi) is 3.00. The molecule has 13 heavy (non-hydrogen) atoms. The summed E-state index contributed by atoms with van der Waals surface area (Å²) in [5.74, 6) is 0.391. The Bertz CT molecular complexity index is 173. The zero-order chi connectivity index (χ0) is 10.1. The second-order valence-electron chi connectivity index (χ2n) is 4.63. The monoisotopic (exact) mass is 188 g/mol. The molecule has 1 aliphatic rings. The van der Waals surface area contributed by atoms with Crippen LogP contribution in [0.2, 0.25) is 0 Å². The van der Waals surface area contributed by atoms with Gasteiger partial charge in [-0.2, -0.15) is 0 Å². The van der Waals surface area contributed by atoms with Gasteiger partial charge in [0.05, 0.1) is 13.2 Å². The summed E-state index contributed by atoms with van der Waals surface area (Å²) < 4.78 is 0. The Balaban J connectivity index is 2.86. The normalized spacial score (nSPS) is 34.4. The fourth-order valence-electron chi connectivity index (χ4n) is 2.47. The Hall–Kier alpha value is -0.120. The number of aliphatic hydroxyl groups excluding tert-OH is 3. The van der Waals surface area contributed by atoms with Crippen LogP contribution in [0.15, 0.2) is 0 Å². The summed E-state index contributed by atoms with van der Waals surface area (Å²) in [7, 11) is 0. The van der Waals surface area contributed by atoms with E-state index in [1.165, 1.54) is 0 Å². The van der Waals surface area contributed by atoms with E-state index in [4.69, 9.17) is 0 Å². The molecule has 3 N–H and O–H groups in total. The summed E-state index contributed by atoms with van der Waals surface area (Å²) in [6.07, 6.45) is 1.98. The molecule has 2 unspecified atom stereocenters. The van der Waals surface area contributed by atoms with Gasteiger partial charge in [-0.25, -0.2) is 0 Å². The molecular formula is C10H20O3. The van der Waals surface area contributed by atoms with Crippen LogP contribution in [0.3, 0.4) is 0 Å². The van der Waals surface area contributed by atoms with Crippen molar-refractivity contribution in [2.45, 2.75) is 26.7 Å². The fraction of sp³-hybridized carbons (Fsp3) is 1.00. The summed E-state index contributed by atoms with van der Waals surface area (Å²) in [5.41, 5.74) is -0.810. The van der Waals surface area contributed by atoms with Crippen molar-refractivity contribution in [2.24, 2.45) is 16.7 Å². The fourth-order valence-corrected chi connectivity index (χ4v) is 2.47. The van der Waals surface area contributed by atoms with E-state index in [1.54, 1.807) is 0 Å². The van der Waals surface area contributed by atoms with E-state index in [0.717, 1.165) is 12.8 Å². The average molecular weight is 188 g/mol. The minimum atomic E-state index is -0.542. The van der Waals surface area contributed by atoms with Crippen molar-refractivity contribution in [1.82, 2.24) is 0 Å². The van der Waals surface area contributed by atoms with Crippen LogP contribution in [0, 0.1) is 16.7 Å². The zero-order valence-electron chi connectivity index (χ0n) is 8.45. The van der Waals surface area contributed by atoms with E-state index in [-0.39, 0.29) is 25.2 Å². The average Bonchev–Trinajstić information content (AvgIpc) is 2.16. The Morgan fingerprint density at radius 3 is 1.92 bits per heavy atom. The van der Waals surface area contributed by atoms with Crippen LogP contribution in [0.1, 0.15) is 26.7 Å². The maximum absolute atomic E-state index is 9.38. The summed E-state index contributed by atoms with van der Waals surface area (Å²) >= 11 is 0. The quantitative estimate of drug-likeness (QED) is 0.598. The summed E-state index contributed by atoms with van der Waals surface area (Å²) in [4.78, 5) is 0. The van der Waals surface area contributed by atoms with Crippen LogP contribution in [0.4, 0.5) is 0 Å². The molecule has 0 aromatic rings. The van der Waals surface area contributed by atoms with Gasteiger partial charge >= 0.3 is 0 Å². The SMILES string of the molecule is CC1CCC1(CO)C(C)(CO)CO. The van der Waals surface area contributed by atoms with Crippen molar-refractivity contribution in [3.05, 3.63) is 0 Å². The molecular weight excluding hydrogens is 168 g/mol. The third-order valence-corrected chi connectivity index (χ3v) is 4.15. The van der Waals surface area contributed by atoms with Crippen LogP contribution < -0.4 is 0 Å². The third-order valence-electron chi connectivity index (χ3n) is 4.15. The van der Waals surface area contributed by atoms with E-state index in [2.05, 4.69) is 6.92 Å². The predicted octanol–water partition coefficient (Wildman–Crippen LogP) is 0.386. The Labute approximate surface area is 79.4 Å². The van der Waals surface area contributed by atoms with Gasteiger partial charge in [-0.3, -0.25) is 0 Å². The number of hydrogen-bond donors (Lipinski definition) is 3. The van der Waals surface area contributed by atoms with Crippen LogP contribution >= 0.6 is 0 Å². The molecule has 1 saturated carbocycles. The molecule has 0 aromatic carbocycles. The molecule has 0 spiro atoms. The lowest BCUT2D eigenvalue weighted by Gasteiger charge is -2.57. The first-order chi connectivity index (χ1) is 6.06. The lowest BCUT2D eigenvalue weighted by Crippen LogP contribution is -2.57. The van der Waals surface area contributed by atoms with Crippen molar-refractivity contribution in [3.8, 4) is 0 Å². The summed E-state index contributed by atoms with van der Waals surface area (Å²) in [5, 5.41) is 27.9. The molecule has 0 bridgehead atoms. The van der Waals surface area contributed by atoms with Gasteiger partial charge in [0.25, 0.3) is 0 Å². The minimum absolute atomic E-state index is 0.0611. The summed E-state index contributed by atoms with van der Waals surface area (Å²) in [6, 6.07) is 0. The van der Waals surface area contributed by atoms with Gasteiger partial charge in [0.1, 0.15) is 0 Å². The number of rotatable bonds is 4. The van der Waals surface area contributed by atoms with Crippen LogP contribution in [-0.4, -0.2) is 35.1 Å². The summed E-state index contributed by atoms with van der Waals surface area (Å²) in [6.45, 7) is 3.86. The molecule has 0 amide bonds. The molecule has 3 nitrogen and oxygen atoms in total. The third kappa shape index (κ3) is 1.30. The van der Waals surface area contributed by atoms with E-state index in [0.29, 0.717) is 5.92 Å². The Morgan fingerprint density at radius 2 is 1.85 bits per heavy atom. The van der Waals surface area contributed by atoms with Gasteiger partial charge < -0.3 is 15.3 Å². The number of hydrogen-bond acceptors (Lipinski definition) is 3. The lowest BCUT2D eigenvalue weighted by atomic mass is 9.49. The first-order valence-electron chi connectivity index (χ1n) is 4.89. The van der Waals surface area contributed by atoms with Crippen LogP contribution in [0.5, 0.6) is 0 Å². The molecule has 3 heteroatoms. The molecule has 0 radical (unpaired) electrons. The smallest absolute Gasteiger partial charge is 0.0513 e. The largest absolute Gasteiger partial charge is 0.396 e. The van der Waals surface area contributed by atoms with E-state index in [1.807, 2.05) is 6.92 Å². The highest BCUT2D eigenvalue weighted by molar-refractivity contribution is 5.03. The van der Waals surface area contributed by atoms with Gasteiger partial charge in [-0.1, -0.05) is 13.8 Å². The molecule has 1 aliphatic carbocycles. The predicted molar refractivity (Wildman–Crippen MR) is 50.2 cm³/mol. The van der Waals surface area contributed by atoms with Crippen molar-refractivity contribution in [1.29, 1.82) is 0 Å². The molecule has 2 atom stereocenters. The molecule has 0 aromatic heterocycles. The molecule has 1 rings (SSSR count). The van der Waals surface area contributed by atoms with Crippen molar-refractivity contribution in [3.63, 3.8) is 0 Å². The van der Waals surface area contributed by atoms with Crippen molar-refractivity contribution >= 4 is 0 Å². The van der Waals surface area contributed by atoms with E-state index < -0.39 is 5.41 Å². The maximum Gasteiger partial charge on any atom is 0.0513 e. The van der Waals surface area contributed by atoms with Gasteiger partial charge in [0, 0.05) is 17.4 Å². The number of aliphatic hydroxyl groups is 3. The van der Waals surface area contributed by atoms with Gasteiger partial charge in [-0.15, -0.1) is 0 Å². The standard InChI is InChI=1S/C10H20O3/c1-8-3-4-10(8,7-13)9(2,5-11)6-12/h8,11-13H,3-7H2,1-2H3. The maximum atomic E-state index is 9.38. The van der Waals surface area contributed by atoms with Crippen LogP contribution in [-0.2, 0) is 0 Å².